The molecule has 2 N–H and O–H groups in total. The third-order valence-electron chi connectivity index (χ3n) is 11.3. The van der Waals surface area contributed by atoms with Gasteiger partial charge in [-0.2, -0.15) is 0 Å². The minimum atomic E-state index is -1.10. The molecule has 0 aromatic heterocycles. The average molecular weight is 547 g/mol. The van der Waals surface area contributed by atoms with Crippen LogP contribution in [0.4, 0.5) is 0 Å². The van der Waals surface area contributed by atoms with E-state index in [1.54, 1.807) is 28.4 Å². The molecule has 212 valence electrons. The number of rotatable bonds is 6. The molecule has 2 aliphatic carbocycles. The lowest BCUT2D eigenvalue weighted by Gasteiger charge is -2.71. The van der Waals surface area contributed by atoms with Gasteiger partial charge in [-0.15, -0.1) is 0 Å². The van der Waals surface area contributed by atoms with Crippen molar-refractivity contribution < 1.29 is 28.8 Å². The third kappa shape index (κ3) is 2.85. The lowest BCUT2D eigenvalue weighted by Crippen LogP contribution is -2.79. The van der Waals surface area contributed by atoms with Crippen LogP contribution < -0.4 is 24.3 Å². The summed E-state index contributed by atoms with van der Waals surface area (Å²) in [5.41, 5.74) is 2.95. The summed E-state index contributed by atoms with van der Waals surface area (Å²) in [7, 11) is 6.75. The van der Waals surface area contributed by atoms with Gasteiger partial charge in [-0.25, -0.2) is 0 Å². The maximum atomic E-state index is 11.8. The first-order chi connectivity index (χ1) is 19.4. The quantitative estimate of drug-likeness (QED) is 0.533. The molecule has 9 rings (SSSR count). The Hall–Kier alpha value is -2.78. The number of nitrogens with one attached hydrogen (secondary N) is 1. The summed E-state index contributed by atoms with van der Waals surface area (Å²) < 4.78 is 29.5. The number of nitrogens with zero attached hydrogens (tertiary/aromatic N) is 1. The van der Waals surface area contributed by atoms with E-state index in [-0.39, 0.29) is 28.8 Å². The van der Waals surface area contributed by atoms with E-state index in [1.165, 1.54) is 16.7 Å². The number of piperidine rings is 1. The van der Waals surface area contributed by atoms with Crippen molar-refractivity contribution in [2.24, 2.45) is 5.92 Å². The van der Waals surface area contributed by atoms with Gasteiger partial charge in [0.05, 0.1) is 28.4 Å². The third-order valence-corrected chi connectivity index (χ3v) is 11.3. The van der Waals surface area contributed by atoms with Crippen LogP contribution in [0, 0.1) is 5.92 Å². The largest absolute Gasteiger partial charge is 0.493 e. The number of fused-ring (bicyclic) bond motifs is 1. The molecule has 0 radical (unpaired) electrons. The second-order valence-electron chi connectivity index (χ2n) is 12.5. The minimum Gasteiger partial charge on any atom is -0.493 e. The molecule has 5 heterocycles. The number of hydrogen-bond donors (Lipinski definition) is 2. The smallest absolute Gasteiger partial charge is 0.170 e. The van der Waals surface area contributed by atoms with Crippen molar-refractivity contribution in [1.29, 1.82) is 0 Å². The highest BCUT2D eigenvalue weighted by atomic mass is 16.7. The second kappa shape index (κ2) is 8.16. The molecule has 2 aromatic rings. The Labute approximate surface area is 235 Å². The van der Waals surface area contributed by atoms with Crippen LogP contribution in [0.1, 0.15) is 43.2 Å². The molecule has 7 aliphatic rings. The molecule has 2 aromatic carbocycles. The number of methoxy groups -OCH3 is 4. The van der Waals surface area contributed by atoms with Crippen LogP contribution in [0.5, 0.6) is 23.0 Å². The van der Waals surface area contributed by atoms with Crippen molar-refractivity contribution in [3.63, 3.8) is 0 Å². The van der Waals surface area contributed by atoms with E-state index in [9.17, 15) is 5.11 Å². The predicted molar refractivity (Wildman–Crippen MR) is 148 cm³/mol. The number of ether oxygens (including phenoxy) is 5. The van der Waals surface area contributed by atoms with Crippen molar-refractivity contribution in [2.75, 3.05) is 41.5 Å². The molecule has 1 unspecified atom stereocenters. The molecule has 0 amide bonds. The lowest BCUT2D eigenvalue weighted by molar-refractivity contribution is -0.384. The zero-order valence-corrected chi connectivity index (χ0v) is 23.7. The van der Waals surface area contributed by atoms with E-state index in [0.29, 0.717) is 12.8 Å². The molecule has 8 nitrogen and oxygen atoms in total. The van der Waals surface area contributed by atoms with Crippen LogP contribution >= 0.6 is 0 Å². The van der Waals surface area contributed by atoms with Gasteiger partial charge in [-0.1, -0.05) is 18.2 Å². The van der Waals surface area contributed by atoms with Gasteiger partial charge in [0, 0.05) is 54.6 Å². The van der Waals surface area contributed by atoms with Gasteiger partial charge in [0.2, 0.25) is 0 Å². The number of aliphatic hydroxyl groups is 1. The summed E-state index contributed by atoms with van der Waals surface area (Å²) in [6.45, 7) is 1.87. The van der Waals surface area contributed by atoms with E-state index >= 15 is 0 Å². The molecular formula is C32H38N2O6. The van der Waals surface area contributed by atoms with Crippen LogP contribution in [-0.4, -0.2) is 75.1 Å². The summed E-state index contributed by atoms with van der Waals surface area (Å²) in [5, 5.41) is 15.6. The van der Waals surface area contributed by atoms with Gasteiger partial charge in [-0.3, -0.25) is 4.90 Å². The van der Waals surface area contributed by atoms with Gasteiger partial charge in [-0.05, 0) is 60.4 Å². The molecule has 6 fully saturated rings. The highest BCUT2D eigenvalue weighted by molar-refractivity contribution is 5.55. The highest BCUT2D eigenvalue weighted by Crippen LogP contribution is 2.71. The molecule has 5 saturated heterocycles. The Morgan fingerprint density at radius 1 is 0.850 bits per heavy atom. The maximum absolute atomic E-state index is 11.8. The maximum Gasteiger partial charge on any atom is 0.170 e. The Bertz CT molecular complexity index is 1430. The fourth-order valence-corrected chi connectivity index (χ4v) is 9.76. The van der Waals surface area contributed by atoms with E-state index in [2.05, 4.69) is 40.6 Å². The van der Waals surface area contributed by atoms with Gasteiger partial charge >= 0.3 is 0 Å². The van der Waals surface area contributed by atoms with Crippen molar-refractivity contribution in [3.8, 4) is 23.0 Å². The van der Waals surface area contributed by atoms with E-state index in [0.717, 1.165) is 55.4 Å². The molecule has 40 heavy (non-hydrogen) atoms. The average Bonchev–Trinajstić information content (AvgIpc) is 3.55. The predicted octanol–water partition coefficient (Wildman–Crippen LogP) is 3.50. The van der Waals surface area contributed by atoms with Crippen molar-refractivity contribution in [2.45, 2.75) is 66.5 Å². The normalized spacial score (nSPS) is 41.8. The Kier molecular flexibility index (Phi) is 5.09. The molecule has 1 spiro atoms. The van der Waals surface area contributed by atoms with Gasteiger partial charge < -0.3 is 34.1 Å². The first-order valence-electron chi connectivity index (χ1n) is 14.5. The first kappa shape index (κ1) is 25.0. The number of hydrogen-bond acceptors (Lipinski definition) is 8. The Morgan fingerprint density at radius 3 is 2.23 bits per heavy atom. The Morgan fingerprint density at radius 2 is 1.52 bits per heavy atom. The summed E-state index contributed by atoms with van der Waals surface area (Å²) in [6, 6.07) is 13.2. The first-order valence-corrected chi connectivity index (χ1v) is 14.5. The minimum absolute atomic E-state index is 0.122. The van der Waals surface area contributed by atoms with Crippen LogP contribution in [0.2, 0.25) is 0 Å². The molecule has 5 aliphatic heterocycles. The fourth-order valence-electron chi connectivity index (χ4n) is 9.76. The summed E-state index contributed by atoms with van der Waals surface area (Å²) in [4.78, 5) is 2.60. The number of benzene rings is 2. The van der Waals surface area contributed by atoms with Gasteiger partial charge in [0.15, 0.2) is 28.8 Å². The monoisotopic (exact) mass is 546 g/mol. The second-order valence-corrected chi connectivity index (χ2v) is 12.5. The molecule has 8 atom stereocenters. The van der Waals surface area contributed by atoms with E-state index < -0.39 is 11.5 Å². The zero-order valence-electron chi connectivity index (χ0n) is 23.7. The zero-order chi connectivity index (χ0) is 27.5. The van der Waals surface area contributed by atoms with Crippen LogP contribution in [0.3, 0.4) is 0 Å². The van der Waals surface area contributed by atoms with E-state index in [4.69, 9.17) is 23.7 Å². The lowest BCUT2D eigenvalue weighted by atomic mass is 9.49. The topological polar surface area (TPSA) is 81.7 Å². The molecule has 8 heteroatoms. The van der Waals surface area contributed by atoms with Crippen molar-refractivity contribution >= 4 is 0 Å². The highest BCUT2D eigenvalue weighted by Gasteiger charge is 2.77. The standard InChI is InChI=1S/C32H38N2O6/c1-36-23-7-5-19(13-25(23)38-3)29-9-11-33-27(29)17-32-22(15-29)21-16-30(35,40-32)18-28-31(21,10-12-34(28)32)20-6-8-24(37-2)26(14-20)39-4/h5-8,13-15,21,27-28,33,35H,9-12,16-18H2,1-4H3/t21-,27-,28+,29-,30+,31-,32-/m0/s1. The van der Waals surface area contributed by atoms with Crippen molar-refractivity contribution in [3.05, 3.63) is 59.2 Å². The molecule has 6 bridgehead atoms. The van der Waals surface area contributed by atoms with Crippen LogP contribution in [0.25, 0.3) is 0 Å². The molecule has 1 saturated carbocycles. The fraction of sp³-hybridized carbons (Fsp3) is 0.562. The Balaban J connectivity index is 1.33. The van der Waals surface area contributed by atoms with E-state index in [1.807, 2.05) is 12.1 Å². The summed E-state index contributed by atoms with van der Waals surface area (Å²) in [5.74, 6) is 2.05. The SMILES string of the molecule is COc1ccc([C@]23CCN4[C@@H]2C[C@@]2(O)C[C@H]3C3=C[C@]5(c6ccc(OC)c(OC)c6)CCN[C@H]5C[C@]34O2)cc1OC. The van der Waals surface area contributed by atoms with Crippen molar-refractivity contribution in [1.82, 2.24) is 10.2 Å². The van der Waals surface area contributed by atoms with Gasteiger partial charge in [0.25, 0.3) is 0 Å². The van der Waals surface area contributed by atoms with Crippen LogP contribution in [-0.2, 0) is 15.6 Å². The summed E-state index contributed by atoms with van der Waals surface area (Å²) >= 11 is 0. The van der Waals surface area contributed by atoms with Crippen LogP contribution in [0.15, 0.2) is 48.0 Å². The van der Waals surface area contributed by atoms with Gasteiger partial charge in [0.1, 0.15) is 5.72 Å². The molecular weight excluding hydrogens is 508 g/mol. The summed E-state index contributed by atoms with van der Waals surface area (Å²) in [6.07, 6.45) is 6.62.